The molecule has 0 aliphatic heterocycles. The van der Waals surface area contributed by atoms with Crippen LogP contribution in [0.25, 0.3) is 22.2 Å². The number of ether oxygens (including phenoxy) is 1. The fourth-order valence-corrected chi connectivity index (χ4v) is 2.86. The highest BCUT2D eigenvalue weighted by Crippen LogP contribution is 2.23. The quantitative estimate of drug-likeness (QED) is 0.569. The number of aromatic nitrogens is 4. The fraction of sp³-hybridized carbons (Fsp3) is 0.100. The summed E-state index contributed by atoms with van der Waals surface area (Å²) in [4.78, 5) is 25.1. The number of fused-ring (bicyclic) bond motifs is 1. The minimum atomic E-state index is -0.0981. The van der Waals surface area contributed by atoms with Gasteiger partial charge in [0.15, 0.2) is 5.65 Å². The third kappa shape index (κ3) is 3.04. The van der Waals surface area contributed by atoms with Gasteiger partial charge in [0.05, 0.1) is 19.0 Å². The van der Waals surface area contributed by atoms with E-state index in [1.165, 1.54) is 0 Å². The molecule has 0 fully saturated rings. The van der Waals surface area contributed by atoms with Crippen molar-refractivity contribution in [3.8, 4) is 17.0 Å². The summed E-state index contributed by atoms with van der Waals surface area (Å²) in [5, 5.41) is 0.519. The van der Waals surface area contributed by atoms with Crippen molar-refractivity contribution in [3.63, 3.8) is 0 Å². The summed E-state index contributed by atoms with van der Waals surface area (Å²) >= 11 is 0. The second-order valence-electron chi connectivity index (χ2n) is 5.84. The van der Waals surface area contributed by atoms with Crippen LogP contribution in [-0.2, 0) is 6.54 Å². The molecule has 1 aromatic carbocycles. The van der Waals surface area contributed by atoms with Crippen LogP contribution in [-0.4, -0.2) is 26.6 Å². The lowest BCUT2D eigenvalue weighted by Crippen LogP contribution is -2.21. The number of nitrogens with zero attached hydrogens (tertiary/aromatic N) is 4. The van der Waals surface area contributed by atoms with Crippen LogP contribution in [0.15, 0.2) is 72.0 Å². The molecule has 0 aliphatic carbocycles. The number of pyridine rings is 2. The highest BCUT2D eigenvalue weighted by atomic mass is 16.5. The molecule has 0 atom stereocenters. The van der Waals surface area contributed by atoms with Gasteiger partial charge in [-0.2, -0.15) is 0 Å². The third-order valence-electron chi connectivity index (χ3n) is 4.15. The van der Waals surface area contributed by atoms with Crippen molar-refractivity contribution in [1.29, 1.82) is 0 Å². The molecule has 0 aliphatic rings. The van der Waals surface area contributed by atoms with E-state index in [4.69, 9.17) is 4.74 Å². The molecular weight excluding hydrogens is 328 g/mol. The maximum atomic E-state index is 12.6. The van der Waals surface area contributed by atoms with Crippen LogP contribution in [0.1, 0.15) is 5.56 Å². The zero-order valence-electron chi connectivity index (χ0n) is 14.2. The first-order valence-corrected chi connectivity index (χ1v) is 8.14. The molecule has 4 rings (SSSR count). The molecule has 0 spiro atoms. The molecular formula is C20H16N4O2. The lowest BCUT2D eigenvalue weighted by atomic mass is 10.0. The Morgan fingerprint density at radius 3 is 2.73 bits per heavy atom. The normalized spacial score (nSPS) is 10.8. The molecule has 0 N–H and O–H groups in total. The summed E-state index contributed by atoms with van der Waals surface area (Å²) in [5.41, 5.74) is 3.41. The van der Waals surface area contributed by atoms with E-state index in [9.17, 15) is 4.79 Å². The Bertz CT molecular complexity index is 1140. The van der Waals surface area contributed by atoms with Gasteiger partial charge in [-0.05, 0) is 41.0 Å². The van der Waals surface area contributed by atoms with Crippen LogP contribution in [0.5, 0.6) is 5.88 Å². The average molecular weight is 344 g/mol. The van der Waals surface area contributed by atoms with E-state index in [0.29, 0.717) is 23.5 Å². The maximum Gasteiger partial charge on any atom is 0.263 e. The molecule has 3 heterocycles. The molecule has 3 aromatic heterocycles. The molecule has 0 saturated heterocycles. The minimum Gasteiger partial charge on any atom is -0.481 e. The van der Waals surface area contributed by atoms with Gasteiger partial charge in [-0.25, -0.2) is 15.0 Å². The Balaban J connectivity index is 1.69. The molecule has 0 saturated carbocycles. The van der Waals surface area contributed by atoms with Crippen molar-refractivity contribution >= 4 is 11.0 Å². The maximum absolute atomic E-state index is 12.6. The van der Waals surface area contributed by atoms with E-state index in [2.05, 4.69) is 21.0 Å². The fourth-order valence-electron chi connectivity index (χ4n) is 2.86. The molecule has 6 heteroatoms. The lowest BCUT2D eigenvalue weighted by Gasteiger charge is -2.09. The van der Waals surface area contributed by atoms with Crippen molar-refractivity contribution in [2.45, 2.75) is 6.54 Å². The standard InChI is InChI=1S/C20H16N4O2/c1-26-18-11-16(7-9-21-18)15-5-2-4-14(10-15)12-24-13-23-19-17(20(24)25)6-3-8-22-19/h2-11,13H,12H2,1H3. The Morgan fingerprint density at radius 2 is 1.85 bits per heavy atom. The van der Waals surface area contributed by atoms with E-state index in [0.717, 1.165) is 16.7 Å². The Morgan fingerprint density at radius 1 is 0.962 bits per heavy atom. The Hall–Kier alpha value is -3.54. The first-order chi connectivity index (χ1) is 12.7. The molecule has 0 unspecified atom stereocenters. The highest BCUT2D eigenvalue weighted by molar-refractivity contribution is 5.72. The second kappa shape index (κ2) is 6.76. The van der Waals surface area contributed by atoms with Gasteiger partial charge in [-0.1, -0.05) is 18.2 Å². The molecule has 26 heavy (non-hydrogen) atoms. The third-order valence-corrected chi connectivity index (χ3v) is 4.15. The van der Waals surface area contributed by atoms with Crippen LogP contribution in [0.2, 0.25) is 0 Å². The molecule has 128 valence electrons. The SMILES string of the molecule is COc1cc(-c2cccc(Cn3cnc4ncccc4c3=O)c2)ccn1. The predicted octanol–water partition coefficient (Wildman–Crippen LogP) is 2.91. The van der Waals surface area contributed by atoms with Gasteiger partial charge < -0.3 is 4.74 Å². The number of hydrogen-bond donors (Lipinski definition) is 0. The topological polar surface area (TPSA) is 69.9 Å². The highest BCUT2D eigenvalue weighted by Gasteiger charge is 2.06. The molecule has 4 aromatic rings. The summed E-state index contributed by atoms with van der Waals surface area (Å²) in [6.45, 7) is 0.437. The zero-order chi connectivity index (χ0) is 17.9. The van der Waals surface area contributed by atoms with Crippen molar-refractivity contribution in [2.24, 2.45) is 0 Å². The van der Waals surface area contributed by atoms with Gasteiger partial charge in [0, 0.05) is 18.5 Å². The first-order valence-electron chi connectivity index (χ1n) is 8.14. The molecule has 0 bridgehead atoms. The second-order valence-corrected chi connectivity index (χ2v) is 5.84. The van der Waals surface area contributed by atoms with E-state index in [1.807, 2.05) is 30.3 Å². The van der Waals surface area contributed by atoms with E-state index in [-0.39, 0.29) is 5.56 Å². The molecule has 0 amide bonds. The average Bonchev–Trinajstić information content (AvgIpc) is 2.70. The smallest absolute Gasteiger partial charge is 0.263 e. The van der Waals surface area contributed by atoms with Gasteiger partial charge in [0.1, 0.15) is 6.33 Å². The molecule has 0 radical (unpaired) electrons. The number of hydrogen-bond acceptors (Lipinski definition) is 5. The van der Waals surface area contributed by atoms with Crippen LogP contribution in [0, 0.1) is 0 Å². The molecule has 6 nitrogen and oxygen atoms in total. The largest absolute Gasteiger partial charge is 0.481 e. The van der Waals surface area contributed by atoms with Crippen molar-refractivity contribution in [1.82, 2.24) is 19.5 Å². The van der Waals surface area contributed by atoms with Gasteiger partial charge in [-0.3, -0.25) is 9.36 Å². The minimum absolute atomic E-state index is 0.0981. The van der Waals surface area contributed by atoms with Crippen molar-refractivity contribution in [2.75, 3.05) is 7.11 Å². The van der Waals surface area contributed by atoms with Crippen LogP contribution >= 0.6 is 0 Å². The summed E-state index contributed by atoms with van der Waals surface area (Å²) in [6, 6.07) is 15.3. The monoisotopic (exact) mass is 344 g/mol. The van der Waals surface area contributed by atoms with Gasteiger partial charge >= 0.3 is 0 Å². The van der Waals surface area contributed by atoms with Gasteiger partial charge in [-0.15, -0.1) is 0 Å². The van der Waals surface area contributed by atoms with E-state index < -0.39 is 0 Å². The van der Waals surface area contributed by atoms with Crippen LogP contribution in [0.3, 0.4) is 0 Å². The summed E-state index contributed by atoms with van der Waals surface area (Å²) in [6.07, 6.45) is 4.89. The first kappa shape index (κ1) is 16.0. The predicted molar refractivity (Wildman–Crippen MR) is 99.1 cm³/mol. The van der Waals surface area contributed by atoms with E-state index in [1.54, 1.807) is 42.5 Å². The van der Waals surface area contributed by atoms with Crippen LogP contribution in [0.4, 0.5) is 0 Å². The lowest BCUT2D eigenvalue weighted by molar-refractivity contribution is 0.398. The van der Waals surface area contributed by atoms with Crippen molar-refractivity contribution in [3.05, 3.63) is 83.2 Å². The van der Waals surface area contributed by atoms with E-state index >= 15 is 0 Å². The number of rotatable bonds is 4. The number of benzene rings is 1. The zero-order valence-corrected chi connectivity index (χ0v) is 14.2. The van der Waals surface area contributed by atoms with Crippen LogP contribution < -0.4 is 10.3 Å². The Labute approximate surface area is 149 Å². The van der Waals surface area contributed by atoms with Crippen molar-refractivity contribution < 1.29 is 4.74 Å². The summed E-state index contributed by atoms with van der Waals surface area (Å²) in [7, 11) is 1.59. The van der Waals surface area contributed by atoms with Gasteiger partial charge in [0.2, 0.25) is 5.88 Å². The Kier molecular flexibility index (Phi) is 4.15. The van der Waals surface area contributed by atoms with Gasteiger partial charge in [0.25, 0.3) is 5.56 Å². The summed E-state index contributed by atoms with van der Waals surface area (Å²) < 4.78 is 6.78. The summed E-state index contributed by atoms with van der Waals surface area (Å²) in [5.74, 6) is 0.565. The number of methoxy groups -OCH3 is 1.